The van der Waals surface area contributed by atoms with Crippen molar-refractivity contribution >= 4 is 11.8 Å². The highest BCUT2D eigenvalue weighted by atomic mass is 16.4. The summed E-state index contributed by atoms with van der Waals surface area (Å²) in [5.74, 6) is -0.421. The number of carboxylic acid groups (broad SMARTS) is 1. The van der Waals surface area contributed by atoms with Crippen LogP contribution in [-0.2, 0) is 11.2 Å². The fourth-order valence-corrected chi connectivity index (χ4v) is 1.11. The molecule has 1 rings (SSSR count). The van der Waals surface area contributed by atoms with E-state index in [2.05, 4.69) is 4.98 Å². The Morgan fingerprint density at radius 1 is 1.53 bits per heavy atom. The van der Waals surface area contributed by atoms with E-state index in [9.17, 15) is 4.79 Å². The Morgan fingerprint density at radius 3 is 2.60 bits per heavy atom. The summed E-state index contributed by atoms with van der Waals surface area (Å²) in [6.07, 6.45) is 0.286. The smallest absolute Gasteiger partial charge is 0.332 e. The summed E-state index contributed by atoms with van der Waals surface area (Å²) < 4.78 is 0. The van der Waals surface area contributed by atoms with Crippen molar-refractivity contribution in [3.63, 3.8) is 0 Å². The van der Waals surface area contributed by atoms with Crippen LogP contribution < -0.4 is 4.90 Å². The third kappa shape index (κ3) is 3.21. The fourth-order valence-electron chi connectivity index (χ4n) is 1.11. The molecule has 1 heterocycles. The number of anilines is 1. The molecular weight excluding hydrogens is 196 g/mol. The van der Waals surface area contributed by atoms with E-state index < -0.39 is 12.1 Å². The fraction of sp³-hybridized carbons (Fsp3) is 0.400. The second-order valence-corrected chi connectivity index (χ2v) is 3.48. The number of hydrogen-bond acceptors (Lipinski definition) is 4. The van der Waals surface area contributed by atoms with E-state index in [-0.39, 0.29) is 6.42 Å². The van der Waals surface area contributed by atoms with Crippen molar-refractivity contribution in [3.05, 3.63) is 23.9 Å². The number of aliphatic hydroxyl groups excluding tert-OH is 1. The summed E-state index contributed by atoms with van der Waals surface area (Å²) in [4.78, 5) is 16.4. The van der Waals surface area contributed by atoms with E-state index in [1.807, 2.05) is 19.0 Å². The molecule has 0 bridgehead atoms. The van der Waals surface area contributed by atoms with Gasteiger partial charge in [-0.05, 0) is 11.6 Å². The molecule has 0 saturated heterocycles. The van der Waals surface area contributed by atoms with E-state index in [4.69, 9.17) is 10.2 Å². The molecule has 82 valence electrons. The van der Waals surface area contributed by atoms with Crippen molar-refractivity contribution in [2.45, 2.75) is 12.5 Å². The molecule has 5 heteroatoms. The van der Waals surface area contributed by atoms with Crippen LogP contribution in [0.3, 0.4) is 0 Å². The minimum atomic E-state index is -1.36. The molecule has 1 aromatic heterocycles. The molecular formula is C10H14N2O3. The first-order chi connectivity index (χ1) is 7.00. The first-order valence-electron chi connectivity index (χ1n) is 4.54. The molecule has 5 nitrogen and oxygen atoms in total. The van der Waals surface area contributed by atoms with E-state index in [1.165, 1.54) is 0 Å². The van der Waals surface area contributed by atoms with Crippen LogP contribution in [0, 0.1) is 0 Å². The summed E-state index contributed by atoms with van der Waals surface area (Å²) in [6, 6.07) is 3.54. The molecule has 0 fully saturated rings. The van der Waals surface area contributed by atoms with Crippen LogP contribution in [0.15, 0.2) is 18.3 Å². The molecule has 15 heavy (non-hydrogen) atoms. The third-order valence-electron chi connectivity index (χ3n) is 1.98. The molecule has 1 atom stereocenters. The van der Waals surface area contributed by atoms with Crippen LogP contribution in [0.4, 0.5) is 5.82 Å². The Labute approximate surface area is 88.0 Å². The predicted molar refractivity (Wildman–Crippen MR) is 55.9 cm³/mol. The summed E-state index contributed by atoms with van der Waals surface area (Å²) in [5, 5.41) is 17.6. The van der Waals surface area contributed by atoms with Gasteiger partial charge in [0.25, 0.3) is 0 Å². The number of carbonyl (C=O) groups is 1. The van der Waals surface area contributed by atoms with Gasteiger partial charge >= 0.3 is 5.97 Å². The summed E-state index contributed by atoms with van der Waals surface area (Å²) in [7, 11) is 3.74. The standard InChI is InChI=1S/C10H14N2O3/c1-12(2)9-4-3-7(6-11-9)5-8(13)10(14)15/h3-4,6,8,13H,5H2,1-2H3,(H,14,15). The Balaban J connectivity index is 2.68. The van der Waals surface area contributed by atoms with Gasteiger partial charge in [-0.25, -0.2) is 9.78 Å². The highest BCUT2D eigenvalue weighted by Gasteiger charge is 2.13. The average Bonchev–Trinajstić information content (AvgIpc) is 2.18. The number of carboxylic acids is 1. The summed E-state index contributed by atoms with van der Waals surface area (Å²) in [5.41, 5.74) is 0.704. The molecule has 0 spiro atoms. The lowest BCUT2D eigenvalue weighted by atomic mass is 10.1. The topological polar surface area (TPSA) is 73.7 Å². The SMILES string of the molecule is CN(C)c1ccc(CC(O)C(=O)O)cn1. The van der Waals surface area contributed by atoms with Gasteiger partial charge in [0.15, 0.2) is 6.10 Å². The number of aliphatic carboxylic acids is 1. The van der Waals surface area contributed by atoms with Gasteiger partial charge in [0, 0.05) is 26.7 Å². The molecule has 0 aliphatic rings. The van der Waals surface area contributed by atoms with Gasteiger partial charge in [-0.1, -0.05) is 6.07 Å². The van der Waals surface area contributed by atoms with Crippen molar-refractivity contribution in [1.82, 2.24) is 4.98 Å². The Morgan fingerprint density at radius 2 is 2.20 bits per heavy atom. The molecule has 0 aliphatic heterocycles. The highest BCUT2D eigenvalue weighted by molar-refractivity contribution is 5.72. The third-order valence-corrected chi connectivity index (χ3v) is 1.98. The van der Waals surface area contributed by atoms with Crippen molar-refractivity contribution in [2.24, 2.45) is 0 Å². The number of aliphatic hydroxyl groups is 1. The molecule has 0 saturated carbocycles. The Kier molecular flexibility index (Phi) is 3.62. The predicted octanol–water partition coefficient (Wildman–Crippen LogP) is 0.136. The zero-order valence-electron chi connectivity index (χ0n) is 8.71. The number of aromatic nitrogens is 1. The maximum Gasteiger partial charge on any atom is 0.332 e. The monoisotopic (exact) mass is 210 g/mol. The van der Waals surface area contributed by atoms with Crippen molar-refractivity contribution < 1.29 is 15.0 Å². The van der Waals surface area contributed by atoms with E-state index in [0.29, 0.717) is 5.56 Å². The van der Waals surface area contributed by atoms with Gasteiger partial charge in [0.05, 0.1) is 0 Å². The van der Waals surface area contributed by atoms with Crippen LogP contribution in [0.25, 0.3) is 0 Å². The zero-order valence-corrected chi connectivity index (χ0v) is 8.71. The quantitative estimate of drug-likeness (QED) is 0.739. The highest BCUT2D eigenvalue weighted by Crippen LogP contribution is 2.09. The molecule has 1 aromatic rings. The second kappa shape index (κ2) is 4.75. The van der Waals surface area contributed by atoms with Crippen LogP contribution in [0.1, 0.15) is 5.56 Å². The maximum atomic E-state index is 10.4. The van der Waals surface area contributed by atoms with E-state index >= 15 is 0 Å². The van der Waals surface area contributed by atoms with Crippen LogP contribution in [-0.4, -0.2) is 41.4 Å². The Bertz CT molecular complexity index is 335. The largest absolute Gasteiger partial charge is 0.479 e. The minimum absolute atomic E-state index is 0.0794. The average molecular weight is 210 g/mol. The van der Waals surface area contributed by atoms with E-state index in [1.54, 1.807) is 18.3 Å². The van der Waals surface area contributed by atoms with Crippen molar-refractivity contribution in [1.29, 1.82) is 0 Å². The van der Waals surface area contributed by atoms with Gasteiger partial charge in [-0.2, -0.15) is 0 Å². The molecule has 0 aliphatic carbocycles. The molecule has 0 radical (unpaired) electrons. The van der Waals surface area contributed by atoms with Crippen molar-refractivity contribution in [3.8, 4) is 0 Å². The van der Waals surface area contributed by atoms with Crippen LogP contribution >= 0.6 is 0 Å². The number of hydrogen-bond donors (Lipinski definition) is 2. The number of rotatable bonds is 4. The van der Waals surface area contributed by atoms with Crippen molar-refractivity contribution in [2.75, 3.05) is 19.0 Å². The first-order valence-corrected chi connectivity index (χ1v) is 4.54. The molecule has 0 amide bonds. The van der Waals surface area contributed by atoms with Gasteiger partial charge in [-0.3, -0.25) is 0 Å². The summed E-state index contributed by atoms with van der Waals surface area (Å²) >= 11 is 0. The maximum absolute atomic E-state index is 10.4. The molecule has 2 N–H and O–H groups in total. The van der Waals surface area contributed by atoms with E-state index in [0.717, 1.165) is 5.82 Å². The minimum Gasteiger partial charge on any atom is -0.479 e. The lowest BCUT2D eigenvalue weighted by molar-refractivity contribution is -0.146. The van der Waals surface area contributed by atoms with Crippen LogP contribution in [0.2, 0.25) is 0 Å². The lowest BCUT2D eigenvalue weighted by Crippen LogP contribution is -2.22. The number of pyridine rings is 1. The van der Waals surface area contributed by atoms with Gasteiger partial charge < -0.3 is 15.1 Å². The van der Waals surface area contributed by atoms with Gasteiger partial charge in [0.2, 0.25) is 0 Å². The second-order valence-electron chi connectivity index (χ2n) is 3.48. The first kappa shape index (κ1) is 11.5. The Hall–Kier alpha value is -1.62. The lowest BCUT2D eigenvalue weighted by Gasteiger charge is -2.11. The zero-order chi connectivity index (χ0) is 11.4. The van der Waals surface area contributed by atoms with Crippen LogP contribution in [0.5, 0.6) is 0 Å². The molecule has 1 unspecified atom stereocenters. The number of nitrogens with zero attached hydrogens (tertiary/aromatic N) is 2. The van der Waals surface area contributed by atoms with Gasteiger partial charge in [0.1, 0.15) is 5.82 Å². The van der Waals surface area contributed by atoms with Gasteiger partial charge in [-0.15, -0.1) is 0 Å². The summed E-state index contributed by atoms with van der Waals surface area (Å²) in [6.45, 7) is 0. The normalized spacial score (nSPS) is 12.2. The molecule has 0 aromatic carbocycles.